The van der Waals surface area contributed by atoms with E-state index in [0.29, 0.717) is 18.0 Å². The van der Waals surface area contributed by atoms with Crippen LogP contribution in [0.15, 0.2) is 30.3 Å². The molecule has 3 nitrogen and oxygen atoms in total. The number of rotatable bonds is 6. The molecule has 0 saturated carbocycles. The number of carbonyl (C=O) groups is 1. The number of para-hydroxylation sites is 1. The first-order valence-electron chi connectivity index (χ1n) is 6.98. The molecule has 0 aliphatic rings. The Morgan fingerprint density at radius 3 is 2.60 bits per heavy atom. The molecule has 108 valence electrons. The summed E-state index contributed by atoms with van der Waals surface area (Å²) in [5, 5.41) is 2.67. The smallest absolute Gasteiger partial charge is 0.413 e. The van der Waals surface area contributed by atoms with Crippen molar-refractivity contribution in [3.8, 4) is 12.3 Å². The molecular formula is C17H23NO2. The molecule has 0 saturated heterocycles. The number of hydrogen-bond donors (Lipinski definition) is 1. The van der Waals surface area contributed by atoms with E-state index in [2.05, 4.69) is 25.1 Å². The summed E-state index contributed by atoms with van der Waals surface area (Å²) in [7, 11) is 0. The number of carbonyl (C=O) groups excluding carboxylic acids is 1. The summed E-state index contributed by atoms with van der Waals surface area (Å²) in [5.41, 5.74) is -0.160. The highest BCUT2D eigenvalue weighted by atomic mass is 16.6. The summed E-state index contributed by atoms with van der Waals surface area (Å²) in [6.45, 7) is 6.10. The Hall–Kier alpha value is -1.95. The van der Waals surface area contributed by atoms with Gasteiger partial charge in [0.05, 0.1) is 0 Å². The largest absolute Gasteiger partial charge is 0.430 e. The first-order chi connectivity index (χ1) is 9.45. The van der Waals surface area contributed by atoms with Crippen molar-refractivity contribution in [1.82, 2.24) is 0 Å². The van der Waals surface area contributed by atoms with Crippen molar-refractivity contribution < 1.29 is 9.53 Å². The maximum atomic E-state index is 11.9. The Morgan fingerprint density at radius 2 is 2.05 bits per heavy atom. The van der Waals surface area contributed by atoms with Crippen LogP contribution in [0.25, 0.3) is 0 Å². The van der Waals surface area contributed by atoms with E-state index in [9.17, 15) is 4.79 Å². The molecule has 0 aliphatic carbocycles. The average Bonchev–Trinajstić information content (AvgIpc) is 2.39. The normalized spacial score (nSPS) is 13.3. The second kappa shape index (κ2) is 7.59. The van der Waals surface area contributed by atoms with E-state index in [1.165, 1.54) is 0 Å². The maximum absolute atomic E-state index is 11.9. The van der Waals surface area contributed by atoms with E-state index in [1.807, 2.05) is 18.2 Å². The highest BCUT2D eigenvalue weighted by Gasteiger charge is 2.26. The minimum absolute atomic E-state index is 0.513. The molecule has 0 radical (unpaired) electrons. The highest BCUT2D eigenvalue weighted by Crippen LogP contribution is 2.21. The van der Waals surface area contributed by atoms with Crippen LogP contribution < -0.4 is 5.32 Å². The van der Waals surface area contributed by atoms with Crippen LogP contribution in [0.5, 0.6) is 0 Å². The highest BCUT2D eigenvalue weighted by molar-refractivity contribution is 5.84. The lowest BCUT2D eigenvalue weighted by molar-refractivity contribution is 0.0690. The van der Waals surface area contributed by atoms with Gasteiger partial charge in [0, 0.05) is 5.69 Å². The van der Waals surface area contributed by atoms with E-state index in [1.54, 1.807) is 19.1 Å². The van der Waals surface area contributed by atoms with E-state index >= 15 is 0 Å². The molecule has 0 unspecified atom stereocenters. The van der Waals surface area contributed by atoms with Crippen molar-refractivity contribution in [1.29, 1.82) is 0 Å². The average molecular weight is 273 g/mol. The fraction of sp³-hybridized carbons (Fsp3) is 0.471. The molecule has 1 aromatic carbocycles. The summed E-state index contributed by atoms with van der Waals surface area (Å²) in [6, 6.07) is 9.17. The van der Waals surface area contributed by atoms with Gasteiger partial charge in [0.25, 0.3) is 0 Å². The van der Waals surface area contributed by atoms with Crippen molar-refractivity contribution in [2.24, 2.45) is 5.92 Å². The van der Waals surface area contributed by atoms with Crippen LogP contribution in [0.3, 0.4) is 0 Å². The number of anilines is 1. The zero-order chi connectivity index (χ0) is 15.0. The Kier molecular flexibility index (Phi) is 6.11. The Morgan fingerprint density at radius 1 is 1.40 bits per heavy atom. The lowest BCUT2D eigenvalue weighted by Gasteiger charge is -2.24. The Labute approximate surface area is 121 Å². The zero-order valence-corrected chi connectivity index (χ0v) is 12.5. The van der Waals surface area contributed by atoms with Crippen molar-refractivity contribution in [2.45, 2.75) is 45.6 Å². The summed E-state index contributed by atoms with van der Waals surface area (Å²) >= 11 is 0. The van der Waals surface area contributed by atoms with Crippen LogP contribution in [0, 0.1) is 18.3 Å². The van der Waals surface area contributed by atoms with Crippen LogP contribution in [0.1, 0.15) is 40.0 Å². The van der Waals surface area contributed by atoms with Gasteiger partial charge < -0.3 is 4.74 Å². The minimum atomic E-state index is -0.853. The second-order valence-corrected chi connectivity index (χ2v) is 5.54. The van der Waals surface area contributed by atoms with Gasteiger partial charge in [-0.1, -0.05) is 44.4 Å². The predicted octanol–water partition coefficient (Wildman–Crippen LogP) is 4.45. The third-order valence-corrected chi connectivity index (χ3v) is 3.08. The molecule has 1 N–H and O–H groups in total. The van der Waals surface area contributed by atoms with E-state index in [-0.39, 0.29) is 0 Å². The molecule has 0 fully saturated rings. The van der Waals surface area contributed by atoms with Gasteiger partial charge in [0.15, 0.2) is 5.60 Å². The fourth-order valence-electron chi connectivity index (χ4n) is 1.87. The molecule has 0 spiro atoms. The molecule has 0 heterocycles. The molecule has 1 aromatic rings. The van der Waals surface area contributed by atoms with E-state index < -0.39 is 11.7 Å². The SMILES string of the molecule is C#C[C@@](C)(CCCC(C)C)OC(=O)Nc1ccccc1. The predicted molar refractivity (Wildman–Crippen MR) is 82.5 cm³/mol. The van der Waals surface area contributed by atoms with Crippen molar-refractivity contribution in [3.05, 3.63) is 30.3 Å². The van der Waals surface area contributed by atoms with Crippen molar-refractivity contribution in [3.63, 3.8) is 0 Å². The lowest BCUT2D eigenvalue weighted by Crippen LogP contribution is -2.32. The first-order valence-corrected chi connectivity index (χ1v) is 6.98. The monoisotopic (exact) mass is 273 g/mol. The lowest BCUT2D eigenvalue weighted by atomic mass is 9.96. The maximum Gasteiger partial charge on any atom is 0.413 e. The third kappa shape index (κ3) is 5.79. The zero-order valence-electron chi connectivity index (χ0n) is 12.5. The number of hydrogen-bond acceptors (Lipinski definition) is 2. The van der Waals surface area contributed by atoms with Gasteiger partial charge >= 0.3 is 6.09 Å². The standard InChI is InChI=1S/C17H23NO2/c1-5-17(4,13-9-10-14(2)3)20-16(19)18-15-11-7-6-8-12-15/h1,6-8,11-12,14H,9-10,13H2,2-4H3,(H,18,19)/t17-/m0/s1. The van der Waals surface area contributed by atoms with Crippen LogP contribution in [0.4, 0.5) is 10.5 Å². The van der Waals surface area contributed by atoms with E-state index in [0.717, 1.165) is 12.8 Å². The molecular weight excluding hydrogens is 250 g/mol. The fourth-order valence-corrected chi connectivity index (χ4v) is 1.87. The van der Waals surface area contributed by atoms with Gasteiger partial charge in [-0.15, -0.1) is 6.42 Å². The topological polar surface area (TPSA) is 38.3 Å². The van der Waals surface area contributed by atoms with Crippen LogP contribution >= 0.6 is 0 Å². The number of amides is 1. The third-order valence-electron chi connectivity index (χ3n) is 3.08. The Bertz CT molecular complexity index is 462. The summed E-state index contributed by atoms with van der Waals surface area (Å²) in [5.74, 6) is 3.21. The molecule has 3 heteroatoms. The molecule has 0 aromatic heterocycles. The van der Waals surface area contributed by atoms with Crippen molar-refractivity contribution >= 4 is 11.8 Å². The molecule has 0 bridgehead atoms. The number of terminal acetylenes is 1. The number of nitrogens with one attached hydrogen (secondary N) is 1. The molecule has 20 heavy (non-hydrogen) atoms. The van der Waals surface area contributed by atoms with Gasteiger partial charge in [-0.25, -0.2) is 4.79 Å². The van der Waals surface area contributed by atoms with Gasteiger partial charge in [-0.3, -0.25) is 5.32 Å². The van der Waals surface area contributed by atoms with Gasteiger partial charge in [-0.05, 0) is 37.8 Å². The Balaban J connectivity index is 2.50. The first kappa shape index (κ1) is 16.1. The summed E-state index contributed by atoms with van der Waals surface area (Å²) in [4.78, 5) is 11.9. The summed E-state index contributed by atoms with van der Waals surface area (Å²) in [6.07, 6.45) is 7.68. The van der Waals surface area contributed by atoms with E-state index in [4.69, 9.17) is 11.2 Å². The second-order valence-electron chi connectivity index (χ2n) is 5.54. The summed E-state index contributed by atoms with van der Waals surface area (Å²) < 4.78 is 5.39. The van der Waals surface area contributed by atoms with Crippen LogP contribution in [-0.2, 0) is 4.74 Å². The van der Waals surface area contributed by atoms with Crippen LogP contribution in [0.2, 0.25) is 0 Å². The van der Waals surface area contributed by atoms with Gasteiger partial charge in [-0.2, -0.15) is 0 Å². The number of benzene rings is 1. The molecule has 1 rings (SSSR count). The molecule has 1 amide bonds. The molecule has 1 atom stereocenters. The quantitative estimate of drug-likeness (QED) is 0.777. The number of ether oxygens (including phenoxy) is 1. The molecule has 0 aliphatic heterocycles. The van der Waals surface area contributed by atoms with Gasteiger partial charge in [0.2, 0.25) is 0 Å². The minimum Gasteiger partial charge on any atom is -0.430 e. The van der Waals surface area contributed by atoms with Gasteiger partial charge in [0.1, 0.15) is 0 Å². The van der Waals surface area contributed by atoms with Crippen LogP contribution in [-0.4, -0.2) is 11.7 Å². The van der Waals surface area contributed by atoms with Crippen molar-refractivity contribution in [2.75, 3.05) is 5.32 Å².